The summed E-state index contributed by atoms with van der Waals surface area (Å²) in [7, 11) is 0. The number of piperazine rings is 1. The van der Waals surface area contributed by atoms with Gasteiger partial charge in [-0.2, -0.15) is 13.2 Å². The molecule has 1 saturated heterocycles. The predicted molar refractivity (Wildman–Crippen MR) is 82.1 cm³/mol. The monoisotopic (exact) mass is 362 g/mol. The van der Waals surface area contributed by atoms with Gasteiger partial charge >= 0.3 is 6.18 Å². The lowest BCUT2D eigenvalue weighted by Crippen LogP contribution is -2.48. The number of hydrogen-bond acceptors (Lipinski definition) is 6. The fourth-order valence-corrected chi connectivity index (χ4v) is 3.86. The quantitative estimate of drug-likeness (QED) is 0.824. The van der Waals surface area contributed by atoms with Gasteiger partial charge in [0.25, 0.3) is 5.91 Å². The van der Waals surface area contributed by atoms with E-state index in [0.717, 1.165) is 4.88 Å². The summed E-state index contributed by atoms with van der Waals surface area (Å²) in [4.78, 5) is 17.5. The Bertz CT molecular complexity index is 704. The maximum atomic E-state index is 12.6. The van der Waals surface area contributed by atoms with Gasteiger partial charge in [-0.1, -0.05) is 11.3 Å². The van der Waals surface area contributed by atoms with Gasteiger partial charge < -0.3 is 9.80 Å². The van der Waals surface area contributed by atoms with E-state index in [1.807, 2.05) is 13.0 Å². The van der Waals surface area contributed by atoms with E-state index in [9.17, 15) is 18.0 Å². The maximum Gasteiger partial charge on any atom is 0.445 e. The fraction of sp³-hybridized carbons (Fsp3) is 0.462. The molecule has 1 aliphatic rings. The molecule has 5 nitrogen and oxygen atoms in total. The lowest BCUT2D eigenvalue weighted by molar-refractivity contribution is -0.138. The van der Waals surface area contributed by atoms with E-state index in [-0.39, 0.29) is 11.0 Å². The fourth-order valence-electron chi connectivity index (χ4n) is 2.26. The molecule has 0 unspecified atom stereocenters. The largest absolute Gasteiger partial charge is 0.445 e. The van der Waals surface area contributed by atoms with Crippen molar-refractivity contribution < 1.29 is 18.0 Å². The Labute approximate surface area is 138 Å². The molecule has 3 rings (SSSR count). The number of carbonyl (C=O) groups is 1. The third-order valence-electron chi connectivity index (χ3n) is 3.45. The number of aryl methyl sites for hydroxylation is 1. The van der Waals surface area contributed by atoms with Crippen molar-refractivity contribution in [1.82, 2.24) is 15.1 Å². The molecule has 1 aliphatic heterocycles. The van der Waals surface area contributed by atoms with Gasteiger partial charge in [-0.05, 0) is 19.1 Å². The highest BCUT2D eigenvalue weighted by Crippen LogP contribution is 2.34. The molecule has 124 valence electrons. The van der Waals surface area contributed by atoms with Crippen LogP contribution < -0.4 is 4.90 Å². The number of amides is 1. The maximum absolute atomic E-state index is 12.6. The topological polar surface area (TPSA) is 49.3 Å². The van der Waals surface area contributed by atoms with E-state index in [1.165, 1.54) is 11.3 Å². The van der Waals surface area contributed by atoms with E-state index in [0.29, 0.717) is 42.4 Å². The Morgan fingerprint density at radius 2 is 1.83 bits per heavy atom. The molecule has 1 fully saturated rings. The van der Waals surface area contributed by atoms with Crippen LogP contribution in [0.15, 0.2) is 12.1 Å². The minimum atomic E-state index is -4.47. The summed E-state index contributed by atoms with van der Waals surface area (Å²) in [5.74, 6) is -0.0315. The summed E-state index contributed by atoms with van der Waals surface area (Å²) in [6.45, 7) is 3.74. The molecular formula is C13H13F3N4OS2. The number of hydrogen-bond donors (Lipinski definition) is 0. The Hall–Kier alpha value is -1.68. The van der Waals surface area contributed by atoms with Crippen molar-refractivity contribution >= 4 is 33.7 Å². The molecule has 23 heavy (non-hydrogen) atoms. The standard InChI is InChI=1S/C13H13F3N4OS2/c1-8-2-3-9(22-8)10(21)19-4-6-20(7-5-19)12-18-17-11(23-12)13(14,15)16/h2-3H,4-7H2,1H3. The van der Waals surface area contributed by atoms with Gasteiger partial charge in [-0.25, -0.2) is 0 Å². The minimum Gasteiger partial charge on any atom is -0.343 e. The van der Waals surface area contributed by atoms with Crippen LogP contribution in [0, 0.1) is 6.92 Å². The van der Waals surface area contributed by atoms with Crippen LogP contribution in [0.5, 0.6) is 0 Å². The van der Waals surface area contributed by atoms with Crippen LogP contribution in [0.3, 0.4) is 0 Å². The first-order chi connectivity index (χ1) is 10.8. The van der Waals surface area contributed by atoms with Crippen LogP contribution in [-0.2, 0) is 6.18 Å². The van der Waals surface area contributed by atoms with Crippen molar-refractivity contribution in [3.63, 3.8) is 0 Å². The van der Waals surface area contributed by atoms with Gasteiger partial charge in [0.1, 0.15) is 0 Å². The van der Waals surface area contributed by atoms with Crippen LogP contribution in [0.25, 0.3) is 0 Å². The molecule has 2 aromatic heterocycles. The van der Waals surface area contributed by atoms with E-state index in [2.05, 4.69) is 10.2 Å². The van der Waals surface area contributed by atoms with Crippen molar-refractivity contribution in [3.8, 4) is 0 Å². The zero-order chi connectivity index (χ0) is 16.6. The molecule has 0 radical (unpaired) electrons. The summed E-state index contributed by atoms with van der Waals surface area (Å²) in [6.07, 6.45) is -4.47. The molecule has 1 amide bonds. The number of halogens is 3. The number of thiophene rings is 1. The predicted octanol–water partition coefficient (Wildman–Crippen LogP) is 2.89. The van der Waals surface area contributed by atoms with Crippen LogP contribution >= 0.6 is 22.7 Å². The summed E-state index contributed by atoms with van der Waals surface area (Å²) < 4.78 is 37.7. The zero-order valence-corrected chi connectivity index (χ0v) is 13.8. The van der Waals surface area contributed by atoms with Gasteiger partial charge in [0.15, 0.2) is 0 Å². The van der Waals surface area contributed by atoms with Gasteiger partial charge in [0.2, 0.25) is 10.1 Å². The second kappa shape index (κ2) is 6.08. The molecule has 0 N–H and O–H groups in total. The summed E-state index contributed by atoms with van der Waals surface area (Å²) >= 11 is 1.98. The number of anilines is 1. The smallest absolute Gasteiger partial charge is 0.343 e. The normalized spacial score (nSPS) is 16.0. The molecule has 10 heteroatoms. The second-order valence-electron chi connectivity index (χ2n) is 5.08. The Balaban J connectivity index is 1.62. The molecular weight excluding hydrogens is 349 g/mol. The molecule has 0 spiro atoms. The molecule has 2 aromatic rings. The number of nitrogens with zero attached hydrogens (tertiary/aromatic N) is 4. The second-order valence-corrected chi connectivity index (χ2v) is 7.32. The van der Waals surface area contributed by atoms with E-state index >= 15 is 0 Å². The van der Waals surface area contributed by atoms with E-state index < -0.39 is 11.2 Å². The average Bonchev–Trinajstić information content (AvgIpc) is 3.15. The number of rotatable bonds is 2. The lowest BCUT2D eigenvalue weighted by Gasteiger charge is -2.34. The molecule has 0 aromatic carbocycles. The number of carbonyl (C=O) groups excluding carboxylic acids is 1. The zero-order valence-electron chi connectivity index (χ0n) is 12.1. The van der Waals surface area contributed by atoms with Crippen LogP contribution in [0.4, 0.5) is 18.3 Å². The van der Waals surface area contributed by atoms with Crippen LogP contribution in [-0.4, -0.2) is 47.2 Å². The first-order valence-electron chi connectivity index (χ1n) is 6.86. The average molecular weight is 362 g/mol. The van der Waals surface area contributed by atoms with Crippen molar-refractivity contribution in [3.05, 3.63) is 26.9 Å². The molecule has 0 saturated carbocycles. The van der Waals surface area contributed by atoms with Crippen LogP contribution in [0.1, 0.15) is 19.6 Å². The van der Waals surface area contributed by atoms with Gasteiger partial charge in [0.05, 0.1) is 4.88 Å². The van der Waals surface area contributed by atoms with Crippen molar-refractivity contribution in [2.75, 3.05) is 31.1 Å². The Morgan fingerprint density at radius 3 is 2.35 bits per heavy atom. The molecule has 0 bridgehead atoms. The summed E-state index contributed by atoms with van der Waals surface area (Å²) in [6, 6.07) is 3.70. The van der Waals surface area contributed by atoms with Crippen molar-refractivity contribution in [2.45, 2.75) is 13.1 Å². The lowest BCUT2D eigenvalue weighted by atomic mass is 10.3. The molecule has 0 aliphatic carbocycles. The van der Waals surface area contributed by atoms with Gasteiger partial charge in [0, 0.05) is 31.1 Å². The third-order valence-corrected chi connectivity index (χ3v) is 5.46. The Kier molecular flexibility index (Phi) is 4.28. The van der Waals surface area contributed by atoms with E-state index in [4.69, 9.17) is 0 Å². The Morgan fingerprint density at radius 1 is 1.13 bits per heavy atom. The van der Waals surface area contributed by atoms with E-state index in [1.54, 1.807) is 15.9 Å². The highest BCUT2D eigenvalue weighted by molar-refractivity contribution is 7.15. The SMILES string of the molecule is Cc1ccc(C(=O)N2CCN(c3nnc(C(F)(F)F)s3)CC2)s1. The van der Waals surface area contributed by atoms with Gasteiger partial charge in [-0.15, -0.1) is 21.5 Å². The first kappa shape index (κ1) is 16.2. The highest BCUT2D eigenvalue weighted by atomic mass is 32.1. The summed E-state index contributed by atoms with van der Waals surface area (Å²) in [5, 5.41) is 6.10. The minimum absolute atomic E-state index is 0.0315. The third kappa shape index (κ3) is 3.47. The van der Waals surface area contributed by atoms with Crippen molar-refractivity contribution in [2.24, 2.45) is 0 Å². The number of aromatic nitrogens is 2. The van der Waals surface area contributed by atoms with Crippen LogP contribution in [0.2, 0.25) is 0 Å². The molecule has 0 atom stereocenters. The first-order valence-corrected chi connectivity index (χ1v) is 8.49. The molecule has 3 heterocycles. The summed E-state index contributed by atoms with van der Waals surface area (Å²) in [5.41, 5.74) is 0. The number of alkyl halides is 3. The van der Waals surface area contributed by atoms with Gasteiger partial charge in [-0.3, -0.25) is 4.79 Å². The highest BCUT2D eigenvalue weighted by Gasteiger charge is 2.36. The van der Waals surface area contributed by atoms with Crippen molar-refractivity contribution in [1.29, 1.82) is 0 Å².